The molecule has 5 rings (SSSR count). The van der Waals surface area contributed by atoms with Crippen LogP contribution in [0.3, 0.4) is 0 Å². The van der Waals surface area contributed by atoms with E-state index >= 15 is 0 Å². The fourth-order valence-corrected chi connectivity index (χ4v) is 5.22. The lowest BCUT2D eigenvalue weighted by molar-refractivity contribution is -0.137. The highest BCUT2D eigenvalue weighted by molar-refractivity contribution is 14.1. The van der Waals surface area contributed by atoms with E-state index in [0.717, 1.165) is 30.4 Å². The van der Waals surface area contributed by atoms with E-state index in [1.807, 2.05) is 37.3 Å². The summed E-state index contributed by atoms with van der Waals surface area (Å²) in [5.74, 6) is 1.03. The molecule has 0 saturated heterocycles. The molecule has 5 aromatic rings. The number of alkyl halides is 3. The fraction of sp³-hybridized carbons (Fsp3) is 0.129. The third-order valence-corrected chi connectivity index (χ3v) is 7.48. The number of para-hydroxylation sites is 1. The molecule has 0 unspecified atom stereocenters. The van der Waals surface area contributed by atoms with Crippen molar-refractivity contribution in [2.45, 2.75) is 19.7 Å². The number of aromatic nitrogens is 2. The van der Waals surface area contributed by atoms with Gasteiger partial charge in [0.2, 0.25) is 0 Å². The molecule has 0 aliphatic carbocycles. The molecular weight excluding hydrogens is 726 g/mol. The molecule has 214 valence electrons. The standard InChI is InChI=1S/C31H22BrF3IN3O3/c1-2-41-27-15-20(14-25(36)28(27)42-18-19-10-12-23(32)13-11-19)17-37-39-29(21-6-5-7-22(16-21)31(33,34)35)38-26-9-4-3-8-24(26)30(39)40/h3-17H,2,18H2,1H3. The Kier molecular flexibility index (Phi) is 8.97. The minimum Gasteiger partial charge on any atom is -0.490 e. The Labute approximate surface area is 261 Å². The molecule has 0 N–H and O–H groups in total. The van der Waals surface area contributed by atoms with Crippen LogP contribution in [0.2, 0.25) is 0 Å². The Balaban J connectivity index is 1.55. The van der Waals surface area contributed by atoms with Crippen molar-refractivity contribution in [2.75, 3.05) is 6.61 Å². The zero-order chi connectivity index (χ0) is 29.9. The lowest BCUT2D eigenvalue weighted by atomic mass is 10.1. The van der Waals surface area contributed by atoms with Crippen LogP contribution >= 0.6 is 38.5 Å². The second-order valence-electron chi connectivity index (χ2n) is 9.07. The van der Waals surface area contributed by atoms with Crippen molar-refractivity contribution in [2.24, 2.45) is 5.10 Å². The summed E-state index contributed by atoms with van der Waals surface area (Å²) in [6.45, 7) is 2.57. The molecule has 0 radical (unpaired) electrons. The van der Waals surface area contributed by atoms with Crippen molar-refractivity contribution >= 4 is 55.6 Å². The minimum absolute atomic E-state index is 0.0183. The van der Waals surface area contributed by atoms with Crippen molar-refractivity contribution in [1.82, 2.24) is 9.66 Å². The SMILES string of the molecule is CCOc1cc(C=Nn2c(-c3cccc(C(F)(F)F)c3)nc3ccccc3c2=O)cc(I)c1OCc1ccc(Br)cc1. The molecule has 0 fully saturated rings. The number of nitrogens with zero attached hydrogens (tertiary/aromatic N) is 3. The predicted molar refractivity (Wildman–Crippen MR) is 168 cm³/mol. The Morgan fingerprint density at radius 3 is 2.50 bits per heavy atom. The van der Waals surface area contributed by atoms with Gasteiger partial charge in [-0.3, -0.25) is 4.79 Å². The van der Waals surface area contributed by atoms with Gasteiger partial charge >= 0.3 is 6.18 Å². The highest BCUT2D eigenvalue weighted by Crippen LogP contribution is 2.35. The van der Waals surface area contributed by atoms with Gasteiger partial charge in [0, 0.05) is 10.0 Å². The van der Waals surface area contributed by atoms with Gasteiger partial charge in [0.05, 0.1) is 32.9 Å². The quantitative estimate of drug-likeness (QED) is 0.118. The summed E-state index contributed by atoms with van der Waals surface area (Å²) in [6.07, 6.45) is -3.12. The van der Waals surface area contributed by atoms with E-state index in [1.54, 1.807) is 30.3 Å². The Morgan fingerprint density at radius 2 is 1.76 bits per heavy atom. The summed E-state index contributed by atoms with van der Waals surface area (Å²) in [6, 6.07) is 22.6. The van der Waals surface area contributed by atoms with Gasteiger partial charge < -0.3 is 9.47 Å². The molecule has 6 nitrogen and oxygen atoms in total. The van der Waals surface area contributed by atoms with E-state index in [4.69, 9.17) is 9.47 Å². The van der Waals surface area contributed by atoms with Gasteiger partial charge in [0.25, 0.3) is 5.56 Å². The monoisotopic (exact) mass is 747 g/mol. The smallest absolute Gasteiger partial charge is 0.416 e. The van der Waals surface area contributed by atoms with Crippen LogP contribution in [-0.2, 0) is 12.8 Å². The molecule has 11 heteroatoms. The Bertz CT molecular complexity index is 1840. The van der Waals surface area contributed by atoms with Crippen molar-refractivity contribution in [3.05, 3.63) is 120 Å². The molecule has 42 heavy (non-hydrogen) atoms. The highest BCUT2D eigenvalue weighted by Gasteiger charge is 2.31. The van der Waals surface area contributed by atoms with E-state index in [0.29, 0.717) is 35.8 Å². The second kappa shape index (κ2) is 12.7. The van der Waals surface area contributed by atoms with Gasteiger partial charge in [-0.2, -0.15) is 22.9 Å². The number of hydrogen-bond donors (Lipinski definition) is 0. The maximum Gasteiger partial charge on any atom is 0.416 e. The second-order valence-corrected chi connectivity index (χ2v) is 11.1. The van der Waals surface area contributed by atoms with Gasteiger partial charge in [-0.25, -0.2) is 4.98 Å². The summed E-state index contributed by atoms with van der Waals surface area (Å²) in [5.41, 5.74) is 0.653. The van der Waals surface area contributed by atoms with Gasteiger partial charge in [-0.15, -0.1) is 0 Å². The highest BCUT2D eigenvalue weighted by atomic mass is 127. The summed E-state index contributed by atoms with van der Waals surface area (Å²) >= 11 is 5.56. The van der Waals surface area contributed by atoms with Crippen molar-refractivity contribution in [3.63, 3.8) is 0 Å². The minimum atomic E-state index is -4.56. The predicted octanol–water partition coefficient (Wildman–Crippen LogP) is 8.31. The Hall–Kier alpha value is -3.71. The first-order valence-electron chi connectivity index (χ1n) is 12.7. The molecule has 0 spiro atoms. The molecule has 0 amide bonds. The largest absolute Gasteiger partial charge is 0.490 e. The summed E-state index contributed by atoms with van der Waals surface area (Å²) in [4.78, 5) is 18.0. The van der Waals surface area contributed by atoms with Crippen molar-refractivity contribution in [1.29, 1.82) is 0 Å². The molecule has 1 aromatic heterocycles. The number of benzene rings is 4. The average molecular weight is 748 g/mol. The van der Waals surface area contributed by atoms with Crippen LogP contribution in [0.15, 0.2) is 99.3 Å². The molecule has 0 saturated carbocycles. The van der Waals surface area contributed by atoms with Crippen LogP contribution < -0.4 is 15.0 Å². The fourth-order valence-electron chi connectivity index (χ4n) is 4.18. The summed E-state index contributed by atoms with van der Waals surface area (Å²) in [5, 5.41) is 4.68. The number of fused-ring (bicyclic) bond motifs is 1. The maximum absolute atomic E-state index is 13.5. The number of rotatable bonds is 8. The molecule has 0 bridgehead atoms. The molecule has 0 aliphatic heterocycles. The molecule has 0 atom stereocenters. The van der Waals surface area contributed by atoms with Crippen LogP contribution in [0.1, 0.15) is 23.6 Å². The van der Waals surface area contributed by atoms with E-state index in [1.165, 1.54) is 18.3 Å². The molecular formula is C31H22BrF3IN3O3. The third-order valence-electron chi connectivity index (χ3n) is 6.15. The van der Waals surface area contributed by atoms with Crippen LogP contribution in [0.4, 0.5) is 13.2 Å². The van der Waals surface area contributed by atoms with E-state index in [-0.39, 0.29) is 16.8 Å². The molecule has 1 heterocycles. The first-order chi connectivity index (χ1) is 20.1. The topological polar surface area (TPSA) is 65.7 Å². The van der Waals surface area contributed by atoms with Gasteiger partial charge in [0.15, 0.2) is 17.3 Å². The number of ether oxygens (including phenoxy) is 2. The third kappa shape index (κ3) is 6.67. The van der Waals surface area contributed by atoms with E-state index < -0.39 is 17.3 Å². The van der Waals surface area contributed by atoms with Gasteiger partial charge in [0.1, 0.15) is 6.61 Å². The van der Waals surface area contributed by atoms with E-state index in [9.17, 15) is 18.0 Å². The lowest BCUT2D eigenvalue weighted by Gasteiger charge is -2.15. The average Bonchev–Trinajstić information content (AvgIpc) is 2.97. The zero-order valence-corrected chi connectivity index (χ0v) is 25.8. The number of halogens is 5. The zero-order valence-electron chi connectivity index (χ0n) is 22.0. The van der Waals surface area contributed by atoms with Gasteiger partial charge in [-0.05, 0) is 89.2 Å². The van der Waals surface area contributed by atoms with Crippen LogP contribution in [-0.4, -0.2) is 22.5 Å². The first-order valence-corrected chi connectivity index (χ1v) is 14.6. The lowest BCUT2D eigenvalue weighted by Crippen LogP contribution is -2.20. The first kappa shape index (κ1) is 29.8. The van der Waals surface area contributed by atoms with Crippen LogP contribution in [0.25, 0.3) is 22.3 Å². The number of hydrogen-bond acceptors (Lipinski definition) is 5. The summed E-state index contributed by atoms with van der Waals surface area (Å²) in [7, 11) is 0. The summed E-state index contributed by atoms with van der Waals surface area (Å²) < 4.78 is 55.1. The van der Waals surface area contributed by atoms with Gasteiger partial charge in [-0.1, -0.05) is 52.3 Å². The van der Waals surface area contributed by atoms with Crippen LogP contribution in [0.5, 0.6) is 11.5 Å². The Morgan fingerprint density at radius 1 is 1.00 bits per heavy atom. The van der Waals surface area contributed by atoms with E-state index in [2.05, 4.69) is 48.6 Å². The van der Waals surface area contributed by atoms with Crippen molar-refractivity contribution < 1.29 is 22.6 Å². The van der Waals surface area contributed by atoms with Crippen molar-refractivity contribution in [3.8, 4) is 22.9 Å². The van der Waals surface area contributed by atoms with Crippen LogP contribution in [0, 0.1) is 3.57 Å². The molecule has 4 aromatic carbocycles. The normalized spacial score (nSPS) is 11.8. The maximum atomic E-state index is 13.5. The molecule has 0 aliphatic rings.